The second-order valence-corrected chi connectivity index (χ2v) is 19.2. The predicted molar refractivity (Wildman–Crippen MR) is 276 cm³/mol. The summed E-state index contributed by atoms with van der Waals surface area (Å²) in [7, 11) is 0. The summed E-state index contributed by atoms with van der Waals surface area (Å²) in [5.74, 6) is 2.49. The number of rotatable bonds is 8. The van der Waals surface area contributed by atoms with Crippen LogP contribution < -0.4 is 0 Å². The topological polar surface area (TPSA) is 60.4 Å². The van der Waals surface area contributed by atoms with E-state index in [9.17, 15) is 0 Å². The molecule has 1 atom stereocenters. The van der Waals surface area contributed by atoms with Gasteiger partial charge in [0, 0.05) is 16.7 Å². The number of para-hydroxylation sites is 4. The zero-order valence-corrected chi connectivity index (χ0v) is 38.1. The molecule has 67 heavy (non-hydrogen) atoms. The molecule has 4 aromatic heterocycles. The smallest absolute Gasteiger partial charge is 0.148 e. The van der Waals surface area contributed by atoms with Gasteiger partial charge >= 0.3 is 0 Å². The van der Waals surface area contributed by atoms with Crippen LogP contribution in [0, 0.1) is 5.92 Å². The molecule has 326 valence electrons. The first-order chi connectivity index (χ1) is 33.0. The van der Waals surface area contributed by atoms with Crippen LogP contribution in [0.4, 0.5) is 0 Å². The average molecular weight is 869 g/mol. The van der Waals surface area contributed by atoms with Gasteiger partial charge in [-0.3, -0.25) is 8.80 Å². The van der Waals surface area contributed by atoms with Crippen molar-refractivity contribution in [3.8, 4) is 11.4 Å². The number of imidazole rings is 2. The first-order valence-corrected chi connectivity index (χ1v) is 24.3. The number of benzene rings is 4. The number of fused-ring (bicyclic) bond motifs is 12. The average Bonchev–Trinajstić information content (AvgIpc) is 3.98. The Labute approximate surface area is 391 Å². The minimum absolute atomic E-state index is 0.627. The molecule has 0 bridgehead atoms. The molecule has 0 radical (unpaired) electrons. The first kappa shape index (κ1) is 39.9. The largest absolute Gasteiger partial charge is 0.276 e. The zero-order chi connectivity index (χ0) is 44.6. The van der Waals surface area contributed by atoms with E-state index in [1.165, 1.54) is 63.0 Å². The van der Waals surface area contributed by atoms with Crippen molar-refractivity contribution in [3.63, 3.8) is 0 Å². The summed E-state index contributed by atoms with van der Waals surface area (Å²) in [5.41, 5.74) is 25.2. The third-order valence-electron chi connectivity index (χ3n) is 15.1. The number of hydrogen-bond acceptors (Lipinski definition) is 4. The fourth-order valence-corrected chi connectivity index (χ4v) is 11.5. The second kappa shape index (κ2) is 16.2. The van der Waals surface area contributed by atoms with Gasteiger partial charge < -0.3 is 0 Å². The zero-order valence-electron chi connectivity index (χ0n) is 38.1. The van der Waals surface area contributed by atoms with Crippen molar-refractivity contribution < 1.29 is 0 Å². The molecule has 0 N–H and O–H groups in total. The standard InChI is InChI=1S/C61H52N6/c1-38(13-11-14-39(2)58-62-52-31-29-47(45-27-25-40-15-3-5-17-43(40)34-45)36-50(52)60-64-54-21-7-9-23-56(54)66(58)60)42-19-12-20-49(33-42)59-63-53-32-30-48(46-28-26-41-16-4-6-18-44(41)35-46)37-51(53)61-65-55-22-8-10-24-57(55)67(59)61/h3-5,7-10,12-13,15-17,19-24,26,28,33-34,36-37,44H,2,6,11,14,18,25,27,29-32,35H2,1H3/b38-13+. The summed E-state index contributed by atoms with van der Waals surface area (Å²) in [4.78, 5) is 21.4. The molecule has 6 nitrogen and oxygen atoms in total. The third kappa shape index (κ3) is 6.92. The molecule has 0 spiro atoms. The summed E-state index contributed by atoms with van der Waals surface area (Å²) < 4.78 is 4.56. The van der Waals surface area contributed by atoms with Gasteiger partial charge in [-0.05, 0) is 182 Å². The van der Waals surface area contributed by atoms with Crippen LogP contribution >= 0.6 is 0 Å². The van der Waals surface area contributed by atoms with Crippen molar-refractivity contribution in [2.45, 2.75) is 77.6 Å². The highest BCUT2D eigenvalue weighted by Crippen LogP contribution is 2.42. The van der Waals surface area contributed by atoms with E-state index in [1.54, 1.807) is 0 Å². The SMILES string of the molecule is C=C(CC/C=C(\C)c1cccc(-c2nc3c(c4nc5ccccc5n24)C=C(C2=CC=C4C=CCCC4C2)CC3)c1)c1nc2c(c3nc4ccccc4n13)C=C(C1=Cc3ccccc3CC1)CC2. The van der Waals surface area contributed by atoms with Crippen molar-refractivity contribution >= 4 is 62.7 Å². The molecule has 1 unspecified atom stereocenters. The normalized spacial score (nSPS) is 17.9. The van der Waals surface area contributed by atoms with Gasteiger partial charge in [0.25, 0.3) is 0 Å². The van der Waals surface area contributed by atoms with Crippen molar-refractivity contribution in [1.82, 2.24) is 28.7 Å². The molecule has 0 saturated carbocycles. The quantitative estimate of drug-likeness (QED) is 0.153. The highest BCUT2D eigenvalue weighted by Gasteiger charge is 2.27. The van der Waals surface area contributed by atoms with Crippen LogP contribution in [0.25, 0.3) is 74.1 Å². The van der Waals surface area contributed by atoms with Gasteiger partial charge in [-0.25, -0.2) is 19.9 Å². The number of aromatic nitrogens is 6. The maximum atomic E-state index is 5.49. The summed E-state index contributed by atoms with van der Waals surface area (Å²) in [6.07, 6.45) is 30.0. The van der Waals surface area contributed by atoms with Crippen LogP contribution in [-0.2, 0) is 19.3 Å². The van der Waals surface area contributed by atoms with E-state index in [0.717, 1.165) is 136 Å². The third-order valence-corrected chi connectivity index (χ3v) is 15.1. The summed E-state index contributed by atoms with van der Waals surface area (Å²) >= 11 is 0. The number of hydrogen-bond donors (Lipinski definition) is 0. The molecule has 13 rings (SSSR count). The fraction of sp³-hybridized carbons (Fsp3) is 0.213. The van der Waals surface area contributed by atoms with E-state index < -0.39 is 0 Å². The van der Waals surface area contributed by atoms with E-state index in [1.807, 2.05) is 0 Å². The molecule has 0 aliphatic heterocycles. The van der Waals surface area contributed by atoms with Gasteiger partial charge in [-0.15, -0.1) is 0 Å². The van der Waals surface area contributed by atoms with Crippen LogP contribution in [0.15, 0.2) is 162 Å². The molecular formula is C61H52N6. The molecule has 4 heterocycles. The van der Waals surface area contributed by atoms with Crippen LogP contribution in [0.1, 0.15) is 103 Å². The highest BCUT2D eigenvalue weighted by atomic mass is 15.1. The maximum Gasteiger partial charge on any atom is 0.148 e. The summed E-state index contributed by atoms with van der Waals surface area (Å²) in [5, 5.41) is 0. The highest BCUT2D eigenvalue weighted by molar-refractivity contribution is 5.89. The van der Waals surface area contributed by atoms with Crippen LogP contribution in [-0.4, -0.2) is 28.7 Å². The van der Waals surface area contributed by atoms with Gasteiger partial charge in [0.2, 0.25) is 0 Å². The van der Waals surface area contributed by atoms with Crippen molar-refractivity contribution in [2.24, 2.45) is 5.92 Å². The maximum absolute atomic E-state index is 5.49. The van der Waals surface area contributed by atoms with E-state index in [4.69, 9.17) is 19.9 Å². The monoisotopic (exact) mass is 868 g/mol. The molecule has 5 aliphatic rings. The van der Waals surface area contributed by atoms with Crippen LogP contribution in [0.5, 0.6) is 0 Å². The lowest BCUT2D eigenvalue weighted by atomic mass is 9.77. The minimum Gasteiger partial charge on any atom is -0.276 e. The lowest BCUT2D eigenvalue weighted by Crippen LogP contribution is -2.14. The Hall–Kier alpha value is -7.44. The molecule has 6 heteroatoms. The minimum atomic E-state index is 0.627. The van der Waals surface area contributed by atoms with Gasteiger partial charge in [-0.1, -0.05) is 110 Å². The molecule has 0 fully saturated rings. The van der Waals surface area contributed by atoms with Gasteiger partial charge in [-0.2, -0.15) is 0 Å². The molecule has 0 saturated heterocycles. The van der Waals surface area contributed by atoms with Crippen molar-refractivity contribution in [3.05, 3.63) is 207 Å². The first-order valence-electron chi connectivity index (χ1n) is 24.3. The molecule has 4 aromatic carbocycles. The van der Waals surface area contributed by atoms with E-state index in [2.05, 4.69) is 168 Å². The summed E-state index contributed by atoms with van der Waals surface area (Å²) in [6, 6.07) is 34.6. The van der Waals surface area contributed by atoms with Gasteiger partial charge in [0.15, 0.2) is 0 Å². The Morgan fingerprint density at radius 3 is 2.18 bits per heavy atom. The fourth-order valence-electron chi connectivity index (χ4n) is 11.5. The Morgan fingerprint density at radius 2 is 1.36 bits per heavy atom. The Bertz CT molecular complexity index is 3650. The molecule has 0 amide bonds. The molecule has 5 aliphatic carbocycles. The Kier molecular flexibility index (Phi) is 9.62. The van der Waals surface area contributed by atoms with Gasteiger partial charge in [0.1, 0.15) is 22.9 Å². The Morgan fingerprint density at radius 1 is 0.672 bits per heavy atom. The van der Waals surface area contributed by atoms with E-state index >= 15 is 0 Å². The molecule has 8 aromatic rings. The number of allylic oxidation sites excluding steroid dienone is 12. The number of nitrogens with zero attached hydrogens (tertiary/aromatic N) is 6. The van der Waals surface area contributed by atoms with Crippen LogP contribution in [0.2, 0.25) is 0 Å². The lowest BCUT2D eigenvalue weighted by molar-refractivity contribution is 0.552. The predicted octanol–water partition coefficient (Wildman–Crippen LogP) is 14.6. The van der Waals surface area contributed by atoms with Crippen LogP contribution in [0.3, 0.4) is 0 Å². The Balaban J connectivity index is 0.799. The second-order valence-electron chi connectivity index (χ2n) is 19.2. The van der Waals surface area contributed by atoms with Crippen molar-refractivity contribution in [1.29, 1.82) is 0 Å². The van der Waals surface area contributed by atoms with E-state index in [-0.39, 0.29) is 0 Å². The van der Waals surface area contributed by atoms with Crippen molar-refractivity contribution in [2.75, 3.05) is 0 Å². The number of aryl methyl sites for hydroxylation is 3. The summed E-state index contributed by atoms with van der Waals surface area (Å²) in [6.45, 7) is 6.90. The lowest BCUT2D eigenvalue weighted by Gasteiger charge is -2.28. The van der Waals surface area contributed by atoms with Gasteiger partial charge in [0.05, 0.1) is 33.5 Å². The molecular weight excluding hydrogens is 817 g/mol. The van der Waals surface area contributed by atoms with E-state index in [0.29, 0.717) is 5.92 Å².